The third kappa shape index (κ3) is 6.67. The van der Waals surface area contributed by atoms with Gasteiger partial charge in [-0.2, -0.15) is 0 Å². The van der Waals surface area contributed by atoms with Crippen LogP contribution in [0, 0.1) is 12.7 Å². The Morgan fingerprint density at radius 2 is 1.70 bits per heavy atom. The van der Waals surface area contributed by atoms with Crippen LogP contribution in [0.25, 0.3) is 0 Å². The molecule has 0 saturated carbocycles. The van der Waals surface area contributed by atoms with Gasteiger partial charge in [-0.25, -0.2) is 9.18 Å². The monoisotopic (exact) mass is 605 g/mol. The lowest BCUT2D eigenvalue weighted by Gasteiger charge is -2.38. The first-order chi connectivity index (χ1) is 20.6. The standard InChI is InChI=1S/C33H33ClFN3O5/c1-20-17-25(12-14-27(20)35)43-28-19-23(34)9-13-26(28)31-30(32(41)37-15-5-3-4-6-16-37)21(2)38(33(42)36-31)24-10-7-22(8-11-24)18-29(39)40/h7-14,17,19,31H,3-6,15-16,18H2,1-2H3,(H,36,42)(H,39,40). The summed E-state index contributed by atoms with van der Waals surface area (Å²) in [5.41, 5.74) is 2.86. The quantitative estimate of drug-likeness (QED) is 0.298. The maximum Gasteiger partial charge on any atom is 0.327 e. The molecule has 0 bridgehead atoms. The summed E-state index contributed by atoms with van der Waals surface area (Å²) >= 11 is 6.36. The van der Waals surface area contributed by atoms with Gasteiger partial charge in [0.2, 0.25) is 0 Å². The van der Waals surface area contributed by atoms with Gasteiger partial charge in [0.25, 0.3) is 5.91 Å². The Kier molecular flexibility index (Phi) is 9.01. The number of allylic oxidation sites excluding steroid dienone is 1. The lowest BCUT2D eigenvalue weighted by molar-refractivity contribution is -0.136. The van der Waals surface area contributed by atoms with Crippen LogP contribution in [0.3, 0.4) is 0 Å². The van der Waals surface area contributed by atoms with Crippen LogP contribution in [0.15, 0.2) is 71.9 Å². The van der Waals surface area contributed by atoms with Crippen molar-refractivity contribution in [1.82, 2.24) is 10.2 Å². The smallest absolute Gasteiger partial charge is 0.327 e. The number of carboxylic acid groups (broad SMARTS) is 1. The molecule has 2 N–H and O–H groups in total. The molecule has 0 aromatic heterocycles. The van der Waals surface area contributed by atoms with E-state index < -0.39 is 18.0 Å². The van der Waals surface area contributed by atoms with Crippen LogP contribution in [-0.2, 0) is 16.0 Å². The van der Waals surface area contributed by atoms with Gasteiger partial charge in [0.05, 0.1) is 23.7 Å². The Labute approximate surface area is 254 Å². The molecule has 43 heavy (non-hydrogen) atoms. The first-order valence-corrected chi connectivity index (χ1v) is 14.6. The average Bonchev–Trinajstić information content (AvgIpc) is 3.25. The molecule has 1 atom stereocenters. The highest BCUT2D eigenvalue weighted by molar-refractivity contribution is 6.30. The molecule has 1 fully saturated rings. The zero-order chi connectivity index (χ0) is 30.7. The molecule has 3 amide bonds. The summed E-state index contributed by atoms with van der Waals surface area (Å²) in [6, 6.07) is 14.7. The van der Waals surface area contributed by atoms with Gasteiger partial charge in [0, 0.05) is 29.4 Å². The molecule has 2 heterocycles. The third-order valence-electron chi connectivity index (χ3n) is 7.80. The van der Waals surface area contributed by atoms with Gasteiger partial charge >= 0.3 is 12.0 Å². The molecule has 0 radical (unpaired) electrons. The van der Waals surface area contributed by atoms with E-state index >= 15 is 0 Å². The number of anilines is 1. The SMILES string of the molecule is CC1=C(C(=O)N2CCCCCC2)C(c2ccc(Cl)cc2Oc2ccc(F)c(C)c2)NC(=O)N1c1ccc(CC(=O)O)cc1. The molecule has 2 aliphatic rings. The van der Waals surface area contributed by atoms with Crippen molar-refractivity contribution >= 4 is 35.2 Å². The maximum atomic E-state index is 14.3. The van der Waals surface area contributed by atoms with Gasteiger partial charge in [-0.3, -0.25) is 14.5 Å². The summed E-state index contributed by atoms with van der Waals surface area (Å²) in [6.07, 6.45) is 3.73. The lowest BCUT2D eigenvalue weighted by Crippen LogP contribution is -2.50. The normalized spacial score (nSPS) is 17.4. The van der Waals surface area contributed by atoms with Gasteiger partial charge in [-0.15, -0.1) is 0 Å². The van der Waals surface area contributed by atoms with Crippen LogP contribution in [0.4, 0.5) is 14.9 Å². The third-order valence-corrected chi connectivity index (χ3v) is 8.04. The molecule has 0 spiro atoms. The number of carbonyl (C=O) groups is 3. The number of carboxylic acids is 1. The molecule has 3 aromatic rings. The number of amides is 3. The summed E-state index contributed by atoms with van der Waals surface area (Å²) in [4.78, 5) is 42.4. The predicted molar refractivity (Wildman–Crippen MR) is 162 cm³/mol. The minimum absolute atomic E-state index is 0.144. The second-order valence-corrected chi connectivity index (χ2v) is 11.3. The van der Waals surface area contributed by atoms with Crippen LogP contribution >= 0.6 is 11.6 Å². The number of benzene rings is 3. The van der Waals surface area contributed by atoms with E-state index in [1.54, 1.807) is 62.4 Å². The molecule has 8 nitrogen and oxygen atoms in total. The largest absolute Gasteiger partial charge is 0.481 e. The van der Waals surface area contributed by atoms with Crippen molar-refractivity contribution in [2.45, 2.75) is 52.0 Å². The minimum Gasteiger partial charge on any atom is -0.481 e. The highest BCUT2D eigenvalue weighted by atomic mass is 35.5. The number of likely N-dealkylation sites (tertiary alicyclic amines) is 1. The van der Waals surface area contributed by atoms with Gasteiger partial charge in [0.1, 0.15) is 17.3 Å². The molecule has 1 saturated heterocycles. The number of aliphatic carboxylic acids is 1. The molecule has 2 aliphatic heterocycles. The fourth-order valence-electron chi connectivity index (χ4n) is 5.59. The van der Waals surface area contributed by atoms with E-state index in [-0.39, 0.29) is 18.1 Å². The van der Waals surface area contributed by atoms with Gasteiger partial charge in [-0.1, -0.05) is 42.6 Å². The number of hydrogen-bond acceptors (Lipinski definition) is 4. The Balaban J connectivity index is 1.60. The molecule has 1 unspecified atom stereocenters. The number of rotatable bonds is 7. The Hall–Kier alpha value is -4.37. The molecule has 5 rings (SSSR count). The number of halogens is 2. The molecule has 224 valence electrons. The van der Waals surface area contributed by atoms with E-state index in [9.17, 15) is 18.8 Å². The van der Waals surface area contributed by atoms with Gasteiger partial charge < -0.3 is 20.1 Å². The van der Waals surface area contributed by atoms with Crippen molar-refractivity contribution in [3.05, 3.63) is 99.5 Å². The van der Waals surface area contributed by atoms with E-state index in [4.69, 9.17) is 21.4 Å². The summed E-state index contributed by atoms with van der Waals surface area (Å²) < 4.78 is 20.1. The summed E-state index contributed by atoms with van der Waals surface area (Å²) in [5.74, 6) is -0.795. The topological polar surface area (TPSA) is 99.2 Å². The number of ether oxygens (including phenoxy) is 1. The van der Waals surface area contributed by atoms with Crippen molar-refractivity contribution < 1.29 is 28.6 Å². The highest BCUT2D eigenvalue weighted by Gasteiger charge is 2.39. The van der Waals surface area contributed by atoms with Crippen molar-refractivity contribution in [3.8, 4) is 11.5 Å². The van der Waals surface area contributed by atoms with Gasteiger partial charge in [-0.05, 0) is 80.3 Å². The molecule has 0 aliphatic carbocycles. The number of urea groups is 1. The second kappa shape index (κ2) is 12.9. The second-order valence-electron chi connectivity index (χ2n) is 10.9. The summed E-state index contributed by atoms with van der Waals surface area (Å²) in [5, 5.41) is 12.6. The minimum atomic E-state index is -0.954. The number of nitrogens with zero attached hydrogens (tertiary/aromatic N) is 2. The lowest BCUT2D eigenvalue weighted by atomic mass is 9.92. The molecular formula is C33H33ClFN3O5. The molecular weight excluding hydrogens is 573 g/mol. The van der Waals surface area contributed by atoms with Crippen LogP contribution in [0.2, 0.25) is 5.02 Å². The predicted octanol–water partition coefficient (Wildman–Crippen LogP) is 7.15. The number of aryl methyl sites for hydroxylation is 1. The van der Waals surface area contributed by atoms with Crippen LogP contribution < -0.4 is 15.0 Å². The fraction of sp³-hybridized carbons (Fsp3) is 0.303. The first-order valence-electron chi connectivity index (χ1n) is 14.3. The Morgan fingerprint density at radius 3 is 2.35 bits per heavy atom. The van der Waals surface area contributed by atoms with Crippen LogP contribution in [-0.4, -0.2) is 41.0 Å². The number of hydrogen-bond donors (Lipinski definition) is 2. The highest BCUT2D eigenvalue weighted by Crippen LogP contribution is 2.40. The van der Waals surface area contributed by atoms with E-state index in [2.05, 4.69) is 5.32 Å². The van der Waals surface area contributed by atoms with Crippen molar-refractivity contribution in [3.63, 3.8) is 0 Å². The fourth-order valence-corrected chi connectivity index (χ4v) is 5.75. The average molecular weight is 606 g/mol. The van der Waals surface area contributed by atoms with E-state index in [1.165, 1.54) is 17.0 Å². The van der Waals surface area contributed by atoms with Gasteiger partial charge in [0.15, 0.2) is 0 Å². The van der Waals surface area contributed by atoms with E-state index in [0.29, 0.717) is 63.3 Å². The zero-order valence-electron chi connectivity index (χ0n) is 24.0. The molecule has 10 heteroatoms. The summed E-state index contributed by atoms with van der Waals surface area (Å²) in [6.45, 7) is 4.59. The van der Waals surface area contributed by atoms with Crippen molar-refractivity contribution in [2.75, 3.05) is 18.0 Å². The molecule has 3 aromatic carbocycles. The Bertz CT molecular complexity index is 1580. The first kappa shape index (κ1) is 30.1. The van der Waals surface area contributed by atoms with E-state index in [0.717, 1.165) is 25.7 Å². The number of carbonyl (C=O) groups excluding carboxylic acids is 2. The maximum absolute atomic E-state index is 14.3. The van der Waals surface area contributed by atoms with E-state index in [1.807, 2.05) is 4.90 Å². The van der Waals surface area contributed by atoms with Crippen molar-refractivity contribution in [1.29, 1.82) is 0 Å². The van der Waals surface area contributed by atoms with Crippen molar-refractivity contribution in [2.24, 2.45) is 0 Å². The number of nitrogens with one attached hydrogen (secondary N) is 1. The Morgan fingerprint density at radius 1 is 1.00 bits per heavy atom. The summed E-state index contributed by atoms with van der Waals surface area (Å²) in [7, 11) is 0. The zero-order valence-corrected chi connectivity index (χ0v) is 24.8. The van der Waals surface area contributed by atoms with Crippen LogP contribution in [0.1, 0.15) is 55.3 Å². The van der Waals surface area contributed by atoms with Crippen LogP contribution in [0.5, 0.6) is 11.5 Å².